The Labute approximate surface area is 163 Å². The summed E-state index contributed by atoms with van der Waals surface area (Å²) in [5, 5.41) is 0. The zero-order valence-electron chi connectivity index (χ0n) is 16.2. The zero-order valence-corrected chi connectivity index (χ0v) is 16.2. The number of ketones is 1. The summed E-state index contributed by atoms with van der Waals surface area (Å²) in [6, 6.07) is 6.18. The number of rotatable bonds is 4. The Morgan fingerprint density at radius 2 is 1.54 bits per heavy atom. The van der Waals surface area contributed by atoms with Gasteiger partial charge in [-0.2, -0.15) is 0 Å². The highest BCUT2D eigenvalue weighted by Crippen LogP contribution is 2.53. The van der Waals surface area contributed by atoms with Crippen LogP contribution in [0.3, 0.4) is 0 Å². The second-order valence-corrected chi connectivity index (χ2v) is 8.81. The predicted octanol–water partition coefficient (Wildman–Crippen LogP) is 2.77. The first-order valence-corrected chi connectivity index (χ1v) is 9.55. The molecule has 2 bridgehead atoms. The van der Waals surface area contributed by atoms with E-state index in [0.717, 1.165) is 6.42 Å². The number of ether oxygens (including phenoxy) is 1. The molecule has 0 aromatic heterocycles. The van der Waals surface area contributed by atoms with Crippen LogP contribution in [-0.4, -0.2) is 30.2 Å². The second-order valence-electron chi connectivity index (χ2n) is 8.81. The molecule has 0 radical (unpaired) electrons. The van der Waals surface area contributed by atoms with Gasteiger partial charge in [-0.1, -0.05) is 32.9 Å². The van der Waals surface area contributed by atoms with Gasteiger partial charge >= 0.3 is 5.97 Å². The fraction of sp³-hybridized carbons (Fsp3) is 0.455. The van der Waals surface area contributed by atoms with Crippen molar-refractivity contribution in [3.8, 4) is 0 Å². The molecule has 1 heterocycles. The number of allylic oxidation sites excluding steroid dienone is 2. The largest absolute Gasteiger partial charge is 0.454 e. The van der Waals surface area contributed by atoms with Crippen LogP contribution in [0.5, 0.6) is 0 Å². The number of benzene rings is 1. The molecule has 6 nitrogen and oxygen atoms in total. The van der Waals surface area contributed by atoms with Gasteiger partial charge in [0.25, 0.3) is 0 Å². The molecule has 28 heavy (non-hydrogen) atoms. The Hall–Kier alpha value is -2.76. The molecular weight excluding hydrogens is 358 g/mol. The summed E-state index contributed by atoms with van der Waals surface area (Å²) in [5.74, 6) is -1.28. The predicted molar refractivity (Wildman–Crippen MR) is 101 cm³/mol. The average molecular weight is 381 g/mol. The maximum absolute atomic E-state index is 12.8. The van der Waals surface area contributed by atoms with E-state index in [2.05, 4.69) is 12.2 Å². The van der Waals surface area contributed by atoms with Crippen molar-refractivity contribution in [2.24, 2.45) is 29.1 Å². The molecule has 3 aliphatic rings. The molecule has 1 saturated heterocycles. The minimum absolute atomic E-state index is 0.155. The van der Waals surface area contributed by atoms with Crippen molar-refractivity contribution in [2.45, 2.75) is 27.2 Å². The van der Waals surface area contributed by atoms with Gasteiger partial charge in [0, 0.05) is 5.41 Å². The van der Waals surface area contributed by atoms with Gasteiger partial charge < -0.3 is 4.74 Å². The summed E-state index contributed by atoms with van der Waals surface area (Å²) in [6.07, 6.45) is 5.00. The first-order chi connectivity index (χ1) is 13.2. The number of hydrogen-bond acceptors (Lipinski definition) is 5. The van der Waals surface area contributed by atoms with E-state index in [-0.39, 0.29) is 53.4 Å². The minimum atomic E-state index is -0.609. The number of fused-ring (bicyclic) bond motifs is 5. The Morgan fingerprint density at radius 3 is 2.04 bits per heavy atom. The van der Waals surface area contributed by atoms with Gasteiger partial charge in [0.15, 0.2) is 12.4 Å². The molecule has 0 spiro atoms. The van der Waals surface area contributed by atoms with Crippen molar-refractivity contribution in [1.82, 2.24) is 0 Å². The minimum Gasteiger partial charge on any atom is -0.454 e. The molecule has 1 saturated carbocycles. The van der Waals surface area contributed by atoms with Crippen LogP contribution in [0.15, 0.2) is 36.4 Å². The molecule has 2 amide bonds. The van der Waals surface area contributed by atoms with Crippen LogP contribution >= 0.6 is 0 Å². The van der Waals surface area contributed by atoms with E-state index in [1.807, 2.05) is 0 Å². The van der Waals surface area contributed by atoms with Crippen LogP contribution < -0.4 is 4.90 Å². The summed E-state index contributed by atoms with van der Waals surface area (Å²) < 4.78 is 5.08. The van der Waals surface area contributed by atoms with Crippen LogP contribution in [0.2, 0.25) is 0 Å². The lowest BCUT2D eigenvalue weighted by Crippen LogP contribution is -2.32. The average Bonchev–Trinajstić information content (AvgIpc) is 3.32. The molecule has 146 valence electrons. The Balaban J connectivity index is 1.45. The normalized spacial score (nSPS) is 28.0. The summed E-state index contributed by atoms with van der Waals surface area (Å²) in [7, 11) is 0. The van der Waals surface area contributed by atoms with Crippen molar-refractivity contribution in [3.63, 3.8) is 0 Å². The van der Waals surface area contributed by atoms with E-state index in [4.69, 9.17) is 4.74 Å². The van der Waals surface area contributed by atoms with Crippen LogP contribution in [-0.2, 0) is 19.1 Å². The molecule has 0 N–H and O–H groups in total. The Kier molecular flexibility index (Phi) is 4.25. The lowest BCUT2D eigenvalue weighted by atomic mass is 9.85. The SMILES string of the molecule is CC(C)(C)C(=O)COC(=O)c1ccc(N2C(=O)[C@@H]3[C@H](C2=O)[C@H]2C=C[C@H]3C2)cc1. The maximum Gasteiger partial charge on any atom is 0.338 e. The van der Waals surface area contributed by atoms with Crippen LogP contribution in [0.4, 0.5) is 5.69 Å². The molecule has 0 unspecified atom stereocenters. The van der Waals surface area contributed by atoms with Crippen LogP contribution in [0.1, 0.15) is 37.6 Å². The van der Waals surface area contributed by atoms with Gasteiger partial charge in [0.05, 0.1) is 23.1 Å². The molecule has 1 aromatic carbocycles. The van der Waals surface area contributed by atoms with Gasteiger partial charge in [-0.15, -0.1) is 0 Å². The highest BCUT2D eigenvalue weighted by Gasteiger charge is 2.59. The molecule has 1 aliphatic heterocycles. The van der Waals surface area contributed by atoms with Crippen molar-refractivity contribution in [1.29, 1.82) is 0 Å². The number of hydrogen-bond donors (Lipinski definition) is 0. The quantitative estimate of drug-likeness (QED) is 0.455. The lowest BCUT2D eigenvalue weighted by molar-refractivity contribution is -0.129. The number of esters is 1. The van der Waals surface area contributed by atoms with Crippen molar-refractivity contribution in [2.75, 3.05) is 11.5 Å². The fourth-order valence-electron chi connectivity index (χ4n) is 4.33. The zero-order chi connectivity index (χ0) is 20.2. The first-order valence-electron chi connectivity index (χ1n) is 9.55. The van der Waals surface area contributed by atoms with E-state index < -0.39 is 11.4 Å². The van der Waals surface area contributed by atoms with Gasteiger partial charge in [0.1, 0.15) is 0 Å². The molecule has 2 aliphatic carbocycles. The second kappa shape index (κ2) is 6.40. The summed E-state index contributed by atoms with van der Waals surface area (Å²) in [4.78, 5) is 50.9. The molecule has 4 atom stereocenters. The Bertz CT molecular complexity index is 862. The molecule has 1 aromatic rings. The van der Waals surface area contributed by atoms with E-state index >= 15 is 0 Å². The van der Waals surface area contributed by atoms with Gasteiger partial charge in [-0.3, -0.25) is 19.3 Å². The third kappa shape index (κ3) is 2.87. The number of imide groups is 1. The highest BCUT2D eigenvalue weighted by molar-refractivity contribution is 6.22. The summed E-state index contributed by atoms with van der Waals surface area (Å²) in [5.41, 5.74) is 0.157. The van der Waals surface area contributed by atoms with Gasteiger partial charge in [-0.05, 0) is 42.5 Å². The standard InChI is InChI=1S/C22H23NO5/c1-22(2,3)16(24)11-28-21(27)12-6-8-15(9-7-12)23-19(25)17-13-4-5-14(10-13)18(17)20(23)26/h4-9,13-14,17-18H,10-11H2,1-3H3/t13-,14-,17-,18+/m0/s1. The van der Waals surface area contributed by atoms with Gasteiger partial charge in [0.2, 0.25) is 11.8 Å². The highest BCUT2D eigenvalue weighted by atomic mass is 16.5. The number of carbonyl (C=O) groups excluding carboxylic acids is 4. The van der Waals surface area contributed by atoms with E-state index in [1.54, 1.807) is 32.9 Å². The molecule has 4 rings (SSSR count). The summed E-state index contributed by atoms with van der Waals surface area (Å²) >= 11 is 0. The first kappa shape index (κ1) is 18.6. The third-order valence-corrected chi connectivity index (χ3v) is 6.00. The van der Waals surface area contributed by atoms with Crippen LogP contribution in [0, 0.1) is 29.1 Å². The fourth-order valence-corrected chi connectivity index (χ4v) is 4.33. The number of anilines is 1. The monoisotopic (exact) mass is 381 g/mol. The number of carbonyl (C=O) groups is 4. The lowest BCUT2D eigenvalue weighted by Gasteiger charge is -2.18. The molecule has 6 heteroatoms. The van der Waals surface area contributed by atoms with Crippen molar-refractivity contribution < 1.29 is 23.9 Å². The smallest absolute Gasteiger partial charge is 0.338 e. The third-order valence-electron chi connectivity index (χ3n) is 6.00. The number of amides is 2. The van der Waals surface area contributed by atoms with Gasteiger partial charge in [-0.25, -0.2) is 4.79 Å². The van der Waals surface area contributed by atoms with E-state index in [0.29, 0.717) is 5.69 Å². The topological polar surface area (TPSA) is 80.8 Å². The number of nitrogens with zero attached hydrogens (tertiary/aromatic N) is 1. The van der Waals surface area contributed by atoms with Crippen molar-refractivity contribution >= 4 is 29.3 Å². The molecule has 2 fully saturated rings. The Morgan fingerprint density at radius 1 is 1.00 bits per heavy atom. The maximum atomic E-state index is 12.8. The van der Waals surface area contributed by atoms with E-state index in [1.165, 1.54) is 17.0 Å². The van der Waals surface area contributed by atoms with E-state index in [9.17, 15) is 19.2 Å². The van der Waals surface area contributed by atoms with Crippen molar-refractivity contribution in [3.05, 3.63) is 42.0 Å². The number of Topliss-reactive ketones (excluding diaryl/α,β-unsaturated/α-hetero) is 1. The summed E-state index contributed by atoms with van der Waals surface area (Å²) in [6.45, 7) is 5.00. The van der Waals surface area contributed by atoms with Crippen LogP contribution in [0.25, 0.3) is 0 Å². The molecular formula is C22H23NO5.